The van der Waals surface area contributed by atoms with Gasteiger partial charge in [0.05, 0.1) is 5.69 Å². The molecule has 1 heterocycles. The van der Waals surface area contributed by atoms with Crippen molar-refractivity contribution in [2.75, 3.05) is 25.4 Å². The fourth-order valence-corrected chi connectivity index (χ4v) is 2.14. The third-order valence-corrected chi connectivity index (χ3v) is 3.23. The standard InChI is InChI=1S/C14H20N2O2/c1-11-5-6-12(15)13(9-11)18-10-14(17)16-7-3-2-4-8-16/h5-6,9H,2-4,7-8,10,15H2,1H3. The molecule has 0 spiro atoms. The first-order valence-corrected chi connectivity index (χ1v) is 6.43. The molecule has 0 aromatic heterocycles. The third-order valence-electron chi connectivity index (χ3n) is 3.23. The van der Waals surface area contributed by atoms with Gasteiger partial charge in [-0.25, -0.2) is 0 Å². The number of hydrogen-bond acceptors (Lipinski definition) is 3. The van der Waals surface area contributed by atoms with Crippen LogP contribution in [0.25, 0.3) is 0 Å². The average molecular weight is 248 g/mol. The summed E-state index contributed by atoms with van der Waals surface area (Å²) in [6.07, 6.45) is 3.41. The molecule has 1 amide bonds. The van der Waals surface area contributed by atoms with Gasteiger partial charge in [0.15, 0.2) is 6.61 Å². The maximum atomic E-state index is 11.9. The van der Waals surface area contributed by atoms with Gasteiger partial charge in [-0.05, 0) is 43.9 Å². The van der Waals surface area contributed by atoms with Crippen molar-refractivity contribution in [2.24, 2.45) is 0 Å². The summed E-state index contributed by atoms with van der Waals surface area (Å²) in [5, 5.41) is 0. The predicted molar refractivity (Wildman–Crippen MR) is 71.5 cm³/mol. The Hall–Kier alpha value is -1.71. The number of hydrogen-bond donors (Lipinski definition) is 1. The van der Waals surface area contributed by atoms with Crippen molar-refractivity contribution in [1.82, 2.24) is 4.90 Å². The molecule has 0 aliphatic carbocycles. The van der Waals surface area contributed by atoms with Gasteiger partial charge in [0.1, 0.15) is 5.75 Å². The molecule has 1 aromatic carbocycles. The highest BCUT2D eigenvalue weighted by Crippen LogP contribution is 2.22. The van der Waals surface area contributed by atoms with E-state index in [2.05, 4.69) is 0 Å². The van der Waals surface area contributed by atoms with E-state index in [1.165, 1.54) is 6.42 Å². The summed E-state index contributed by atoms with van der Waals surface area (Å²) in [4.78, 5) is 13.8. The molecule has 18 heavy (non-hydrogen) atoms. The second kappa shape index (κ2) is 5.76. The van der Waals surface area contributed by atoms with Crippen LogP contribution in [0.3, 0.4) is 0 Å². The Bertz CT molecular complexity index is 426. The van der Waals surface area contributed by atoms with Crippen LogP contribution in [0.1, 0.15) is 24.8 Å². The number of nitrogens with two attached hydrogens (primary N) is 1. The Morgan fingerprint density at radius 1 is 1.33 bits per heavy atom. The van der Waals surface area contributed by atoms with Crippen LogP contribution in [0.4, 0.5) is 5.69 Å². The molecule has 4 nitrogen and oxygen atoms in total. The highest BCUT2D eigenvalue weighted by molar-refractivity contribution is 5.78. The Kier molecular flexibility index (Phi) is 4.07. The van der Waals surface area contributed by atoms with E-state index in [0.717, 1.165) is 31.5 Å². The van der Waals surface area contributed by atoms with E-state index in [-0.39, 0.29) is 12.5 Å². The van der Waals surface area contributed by atoms with E-state index in [4.69, 9.17) is 10.5 Å². The van der Waals surface area contributed by atoms with Crippen molar-refractivity contribution in [2.45, 2.75) is 26.2 Å². The lowest BCUT2D eigenvalue weighted by atomic mass is 10.1. The number of likely N-dealkylation sites (tertiary alicyclic amines) is 1. The van der Waals surface area contributed by atoms with Crippen molar-refractivity contribution in [3.63, 3.8) is 0 Å². The van der Waals surface area contributed by atoms with Gasteiger partial charge in [-0.15, -0.1) is 0 Å². The van der Waals surface area contributed by atoms with Crippen LogP contribution < -0.4 is 10.5 Å². The summed E-state index contributed by atoms with van der Waals surface area (Å²) in [7, 11) is 0. The van der Waals surface area contributed by atoms with E-state index in [0.29, 0.717) is 11.4 Å². The first kappa shape index (κ1) is 12.7. The molecule has 1 aliphatic heterocycles. The second-order valence-electron chi connectivity index (χ2n) is 4.77. The second-order valence-corrected chi connectivity index (χ2v) is 4.77. The molecule has 2 N–H and O–H groups in total. The Morgan fingerprint density at radius 2 is 2.06 bits per heavy atom. The van der Waals surface area contributed by atoms with Gasteiger partial charge in [-0.1, -0.05) is 6.07 Å². The summed E-state index contributed by atoms with van der Waals surface area (Å²) in [5.41, 5.74) is 7.45. The minimum Gasteiger partial charge on any atom is -0.482 e. The van der Waals surface area contributed by atoms with Crippen LogP contribution in [0.5, 0.6) is 5.75 Å². The molecular formula is C14H20N2O2. The van der Waals surface area contributed by atoms with Crippen LogP contribution in [0, 0.1) is 6.92 Å². The molecular weight excluding hydrogens is 228 g/mol. The number of amides is 1. The molecule has 0 radical (unpaired) electrons. The van der Waals surface area contributed by atoms with Crippen molar-refractivity contribution in [1.29, 1.82) is 0 Å². The molecule has 1 aromatic rings. The van der Waals surface area contributed by atoms with E-state index in [1.54, 1.807) is 6.07 Å². The zero-order valence-electron chi connectivity index (χ0n) is 10.8. The lowest BCUT2D eigenvalue weighted by Gasteiger charge is -2.26. The largest absolute Gasteiger partial charge is 0.482 e. The SMILES string of the molecule is Cc1ccc(N)c(OCC(=O)N2CCCCC2)c1. The molecule has 1 fully saturated rings. The molecule has 4 heteroatoms. The lowest BCUT2D eigenvalue weighted by molar-refractivity contribution is -0.134. The van der Waals surface area contributed by atoms with Gasteiger partial charge in [-0.2, -0.15) is 0 Å². The van der Waals surface area contributed by atoms with Crippen LogP contribution in [0.2, 0.25) is 0 Å². The van der Waals surface area contributed by atoms with Crippen molar-refractivity contribution < 1.29 is 9.53 Å². The quantitative estimate of drug-likeness (QED) is 0.832. The molecule has 0 saturated carbocycles. The zero-order valence-corrected chi connectivity index (χ0v) is 10.8. The number of carbonyl (C=O) groups is 1. The van der Waals surface area contributed by atoms with Crippen LogP contribution in [-0.4, -0.2) is 30.5 Å². The molecule has 2 rings (SSSR count). The lowest BCUT2D eigenvalue weighted by Crippen LogP contribution is -2.38. The normalized spacial score (nSPS) is 15.5. The molecule has 0 atom stereocenters. The van der Waals surface area contributed by atoms with Gasteiger partial charge in [-0.3, -0.25) is 4.79 Å². The van der Waals surface area contributed by atoms with Gasteiger partial charge in [0, 0.05) is 13.1 Å². The highest BCUT2D eigenvalue weighted by Gasteiger charge is 2.17. The molecule has 0 unspecified atom stereocenters. The smallest absolute Gasteiger partial charge is 0.260 e. The summed E-state index contributed by atoms with van der Waals surface area (Å²) < 4.78 is 5.52. The highest BCUT2D eigenvalue weighted by atomic mass is 16.5. The minimum atomic E-state index is 0.0515. The topological polar surface area (TPSA) is 55.6 Å². The van der Waals surface area contributed by atoms with Gasteiger partial charge >= 0.3 is 0 Å². The molecule has 0 bridgehead atoms. The van der Waals surface area contributed by atoms with Crippen LogP contribution >= 0.6 is 0 Å². The minimum absolute atomic E-state index is 0.0515. The molecule has 1 aliphatic rings. The van der Waals surface area contributed by atoms with Gasteiger partial charge in [0.2, 0.25) is 0 Å². The fraction of sp³-hybridized carbons (Fsp3) is 0.500. The third kappa shape index (κ3) is 3.15. The maximum Gasteiger partial charge on any atom is 0.260 e. The number of piperidine rings is 1. The number of carbonyl (C=O) groups excluding carboxylic acids is 1. The Morgan fingerprint density at radius 3 is 2.78 bits per heavy atom. The number of nitrogens with zero attached hydrogens (tertiary/aromatic N) is 1. The molecule has 1 saturated heterocycles. The van der Waals surface area contributed by atoms with Gasteiger partial charge < -0.3 is 15.4 Å². The van der Waals surface area contributed by atoms with Crippen LogP contribution in [0.15, 0.2) is 18.2 Å². The average Bonchev–Trinajstić information content (AvgIpc) is 2.40. The summed E-state index contributed by atoms with van der Waals surface area (Å²) in [6, 6.07) is 5.59. The van der Waals surface area contributed by atoms with Crippen molar-refractivity contribution in [3.05, 3.63) is 23.8 Å². The summed E-state index contributed by atoms with van der Waals surface area (Å²) in [6.45, 7) is 3.75. The zero-order chi connectivity index (χ0) is 13.0. The molecule has 98 valence electrons. The van der Waals surface area contributed by atoms with Crippen molar-refractivity contribution in [3.8, 4) is 5.75 Å². The van der Waals surface area contributed by atoms with E-state index in [9.17, 15) is 4.79 Å². The maximum absolute atomic E-state index is 11.9. The number of nitrogen functional groups attached to an aromatic ring is 1. The number of aryl methyl sites for hydroxylation is 1. The van der Waals surface area contributed by atoms with Gasteiger partial charge in [0.25, 0.3) is 5.91 Å². The number of ether oxygens (including phenoxy) is 1. The fourth-order valence-electron chi connectivity index (χ4n) is 2.14. The number of rotatable bonds is 3. The van der Waals surface area contributed by atoms with Crippen LogP contribution in [-0.2, 0) is 4.79 Å². The number of benzene rings is 1. The summed E-state index contributed by atoms with van der Waals surface area (Å²) >= 11 is 0. The van der Waals surface area contributed by atoms with E-state index >= 15 is 0 Å². The number of anilines is 1. The first-order valence-electron chi connectivity index (χ1n) is 6.43. The van der Waals surface area contributed by atoms with E-state index < -0.39 is 0 Å². The predicted octanol–water partition coefficient (Wildman–Crippen LogP) is 1.97. The Labute approximate surface area is 108 Å². The first-order chi connectivity index (χ1) is 8.66. The van der Waals surface area contributed by atoms with E-state index in [1.807, 2.05) is 24.0 Å². The monoisotopic (exact) mass is 248 g/mol. The summed E-state index contributed by atoms with van der Waals surface area (Å²) in [5.74, 6) is 0.649. The Balaban J connectivity index is 1.90. The van der Waals surface area contributed by atoms with Crippen molar-refractivity contribution >= 4 is 11.6 Å².